The van der Waals surface area contributed by atoms with Gasteiger partial charge in [0.1, 0.15) is 5.82 Å². The normalized spacial score (nSPS) is 12.4. The van der Waals surface area contributed by atoms with E-state index in [9.17, 15) is 0 Å². The van der Waals surface area contributed by atoms with Crippen molar-refractivity contribution < 1.29 is 9.47 Å². The first-order valence-corrected chi connectivity index (χ1v) is 7.73. The molecule has 8 heteroatoms. The van der Waals surface area contributed by atoms with Gasteiger partial charge in [-0.3, -0.25) is 4.98 Å². The molecule has 0 bridgehead atoms. The molecule has 0 saturated carbocycles. The van der Waals surface area contributed by atoms with E-state index >= 15 is 0 Å². The van der Waals surface area contributed by atoms with Crippen LogP contribution < -0.4 is 14.8 Å². The van der Waals surface area contributed by atoms with Gasteiger partial charge in [-0.1, -0.05) is 0 Å². The van der Waals surface area contributed by atoms with Gasteiger partial charge in [-0.25, -0.2) is 9.67 Å². The average Bonchev–Trinajstić information content (AvgIpc) is 3.25. The topological polar surface area (TPSA) is 74.1 Å². The summed E-state index contributed by atoms with van der Waals surface area (Å²) in [7, 11) is 0. The summed E-state index contributed by atoms with van der Waals surface area (Å²) >= 11 is 3.49. The van der Waals surface area contributed by atoms with E-state index in [1.54, 1.807) is 23.3 Å². The maximum atomic E-state index is 5.42. The van der Waals surface area contributed by atoms with Gasteiger partial charge in [0.05, 0.1) is 16.9 Å². The molecule has 0 aliphatic carbocycles. The lowest BCUT2D eigenvalue weighted by atomic mass is 10.2. The Morgan fingerprint density at radius 1 is 1.26 bits per heavy atom. The Kier molecular flexibility index (Phi) is 3.58. The van der Waals surface area contributed by atoms with Crippen molar-refractivity contribution in [2.24, 2.45) is 0 Å². The molecule has 3 aromatic rings. The van der Waals surface area contributed by atoms with Crippen molar-refractivity contribution >= 4 is 21.7 Å². The number of ether oxygens (including phenoxy) is 2. The number of aromatic nitrogens is 4. The van der Waals surface area contributed by atoms with E-state index in [4.69, 9.17) is 9.47 Å². The number of anilines is 1. The van der Waals surface area contributed by atoms with Crippen LogP contribution in [0.5, 0.6) is 11.5 Å². The van der Waals surface area contributed by atoms with E-state index in [1.807, 2.05) is 24.4 Å². The molecular weight excluding hydrogens is 362 g/mol. The minimum atomic E-state index is 0.252. The number of nitrogens with zero attached hydrogens (tertiary/aromatic N) is 4. The Labute approximate surface area is 140 Å². The third-order valence-corrected chi connectivity index (χ3v) is 3.91. The molecule has 0 amide bonds. The number of hydrogen-bond acceptors (Lipinski definition) is 6. The molecule has 0 radical (unpaired) electrons. The van der Waals surface area contributed by atoms with Gasteiger partial charge in [0.15, 0.2) is 17.3 Å². The van der Waals surface area contributed by atoms with Crippen LogP contribution in [0.3, 0.4) is 0 Å². The summed E-state index contributed by atoms with van der Waals surface area (Å²) < 4.78 is 13.3. The molecule has 0 unspecified atom stereocenters. The molecule has 23 heavy (non-hydrogen) atoms. The van der Waals surface area contributed by atoms with Crippen LogP contribution in [0.1, 0.15) is 5.56 Å². The van der Waals surface area contributed by atoms with E-state index in [1.165, 1.54) is 0 Å². The van der Waals surface area contributed by atoms with Crippen molar-refractivity contribution in [2.75, 3.05) is 12.1 Å². The molecule has 0 atom stereocenters. The van der Waals surface area contributed by atoms with E-state index in [2.05, 4.69) is 36.3 Å². The molecule has 0 spiro atoms. The highest BCUT2D eigenvalue weighted by atomic mass is 79.9. The van der Waals surface area contributed by atoms with E-state index in [0.29, 0.717) is 18.2 Å². The van der Waals surface area contributed by atoms with E-state index < -0.39 is 0 Å². The highest BCUT2D eigenvalue weighted by Gasteiger charge is 2.17. The number of halogens is 1. The standard InChI is InChI=1S/C15H12BrN5O2/c16-11-4-10(5-12-15(11)23-9-22-12)6-18-13-7-17-8-14(20-13)21-3-1-2-19-21/h1-5,7-8H,6,9H2,(H,18,20). The number of fused-ring (bicyclic) bond motifs is 1. The number of benzene rings is 1. The summed E-state index contributed by atoms with van der Waals surface area (Å²) in [6.07, 6.45) is 6.86. The highest BCUT2D eigenvalue weighted by Crippen LogP contribution is 2.40. The fourth-order valence-electron chi connectivity index (χ4n) is 2.27. The molecular formula is C15H12BrN5O2. The predicted octanol–water partition coefficient (Wildman–Crippen LogP) is 2.77. The Balaban J connectivity index is 1.51. The number of hydrogen-bond donors (Lipinski definition) is 1. The summed E-state index contributed by atoms with van der Waals surface area (Å²) in [5, 5.41) is 7.40. The summed E-state index contributed by atoms with van der Waals surface area (Å²) in [5.74, 6) is 2.82. The molecule has 116 valence electrons. The first kappa shape index (κ1) is 14.0. The fourth-order valence-corrected chi connectivity index (χ4v) is 2.87. The lowest BCUT2D eigenvalue weighted by Crippen LogP contribution is -2.05. The summed E-state index contributed by atoms with van der Waals surface area (Å²) in [5.41, 5.74) is 1.05. The largest absolute Gasteiger partial charge is 0.454 e. The second-order valence-corrected chi connectivity index (χ2v) is 5.73. The van der Waals surface area contributed by atoms with Gasteiger partial charge in [-0.2, -0.15) is 5.10 Å². The maximum Gasteiger partial charge on any atom is 0.231 e. The summed E-state index contributed by atoms with van der Waals surface area (Å²) in [4.78, 5) is 8.67. The van der Waals surface area contributed by atoms with Crippen LogP contribution >= 0.6 is 15.9 Å². The second-order valence-electron chi connectivity index (χ2n) is 4.88. The van der Waals surface area contributed by atoms with Crippen molar-refractivity contribution in [2.45, 2.75) is 6.54 Å². The first-order valence-electron chi connectivity index (χ1n) is 6.93. The maximum absolute atomic E-state index is 5.42. The molecule has 0 fully saturated rings. The van der Waals surface area contributed by atoms with Gasteiger partial charge in [0, 0.05) is 18.9 Å². The zero-order chi connectivity index (χ0) is 15.6. The SMILES string of the molecule is Brc1cc(CNc2cncc(-n3cccn3)n2)cc2c1OCO2. The van der Waals surface area contributed by atoms with Crippen molar-refractivity contribution in [1.29, 1.82) is 0 Å². The summed E-state index contributed by atoms with van der Waals surface area (Å²) in [6, 6.07) is 5.78. The molecule has 1 aromatic carbocycles. The van der Waals surface area contributed by atoms with Crippen molar-refractivity contribution in [3.05, 3.63) is 53.0 Å². The molecule has 0 saturated heterocycles. The monoisotopic (exact) mass is 373 g/mol. The van der Waals surface area contributed by atoms with Crippen molar-refractivity contribution in [3.8, 4) is 17.3 Å². The zero-order valence-electron chi connectivity index (χ0n) is 11.9. The Morgan fingerprint density at radius 2 is 2.22 bits per heavy atom. The predicted molar refractivity (Wildman–Crippen MR) is 86.7 cm³/mol. The van der Waals surface area contributed by atoms with Crippen LogP contribution in [0, 0.1) is 0 Å². The van der Waals surface area contributed by atoms with Gasteiger partial charge in [0.2, 0.25) is 6.79 Å². The van der Waals surface area contributed by atoms with Gasteiger partial charge >= 0.3 is 0 Å². The van der Waals surface area contributed by atoms with Crippen LogP contribution in [0.25, 0.3) is 5.82 Å². The molecule has 2 aromatic heterocycles. The molecule has 1 N–H and O–H groups in total. The quantitative estimate of drug-likeness (QED) is 0.757. The minimum Gasteiger partial charge on any atom is -0.454 e. The van der Waals surface area contributed by atoms with Gasteiger partial charge in [-0.15, -0.1) is 0 Å². The Hall–Kier alpha value is -2.61. The van der Waals surface area contributed by atoms with Crippen LogP contribution in [-0.2, 0) is 6.54 Å². The molecule has 1 aliphatic rings. The zero-order valence-corrected chi connectivity index (χ0v) is 13.5. The Bertz CT molecular complexity index is 838. The number of nitrogens with one attached hydrogen (secondary N) is 1. The first-order chi connectivity index (χ1) is 11.3. The van der Waals surface area contributed by atoms with E-state index in [-0.39, 0.29) is 6.79 Å². The number of rotatable bonds is 4. The summed E-state index contributed by atoms with van der Waals surface area (Å²) in [6.45, 7) is 0.842. The van der Waals surface area contributed by atoms with Crippen molar-refractivity contribution in [1.82, 2.24) is 19.7 Å². The fraction of sp³-hybridized carbons (Fsp3) is 0.133. The highest BCUT2D eigenvalue weighted by molar-refractivity contribution is 9.10. The van der Waals surface area contributed by atoms with Crippen LogP contribution in [0.4, 0.5) is 5.82 Å². The Morgan fingerprint density at radius 3 is 3.09 bits per heavy atom. The molecule has 1 aliphatic heterocycles. The lowest BCUT2D eigenvalue weighted by molar-refractivity contribution is 0.173. The molecule has 3 heterocycles. The van der Waals surface area contributed by atoms with Crippen LogP contribution in [-0.4, -0.2) is 26.5 Å². The third-order valence-electron chi connectivity index (χ3n) is 3.32. The van der Waals surface area contributed by atoms with Crippen LogP contribution in [0.15, 0.2) is 47.5 Å². The minimum absolute atomic E-state index is 0.252. The van der Waals surface area contributed by atoms with Crippen molar-refractivity contribution in [3.63, 3.8) is 0 Å². The average molecular weight is 374 g/mol. The lowest BCUT2D eigenvalue weighted by Gasteiger charge is -2.08. The third kappa shape index (κ3) is 2.85. The van der Waals surface area contributed by atoms with Crippen LogP contribution in [0.2, 0.25) is 0 Å². The second kappa shape index (κ2) is 5.88. The molecule has 4 rings (SSSR count). The van der Waals surface area contributed by atoms with E-state index in [0.717, 1.165) is 21.5 Å². The van der Waals surface area contributed by atoms with Gasteiger partial charge in [0.25, 0.3) is 0 Å². The molecule has 7 nitrogen and oxygen atoms in total. The smallest absolute Gasteiger partial charge is 0.231 e. The van der Waals surface area contributed by atoms with Gasteiger partial charge < -0.3 is 14.8 Å². The van der Waals surface area contributed by atoms with Gasteiger partial charge in [-0.05, 0) is 39.7 Å².